The van der Waals surface area contributed by atoms with Crippen LogP contribution >= 0.6 is 30.8 Å². The first-order valence-electron chi connectivity index (χ1n) is 11.3. The van der Waals surface area contributed by atoms with Crippen molar-refractivity contribution in [2.45, 2.75) is 18.7 Å². The average Bonchev–Trinajstić information content (AvgIpc) is 2.87. The molecule has 1 heterocycles. The van der Waals surface area contributed by atoms with Crippen molar-refractivity contribution in [1.29, 1.82) is 0 Å². The molecule has 0 amide bonds. The lowest BCUT2D eigenvalue weighted by molar-refractivity contribution is 0.221. The van der Waals surface area contributed by atoms with Crippen LogP contribution in [0.2, 0.25) is 10.0 Å². The Morgan fingerprint density at radius 3 is 2.08 bits per heavy atom. The highest BCUT2D eigenvalue weighted by Crippen LogP contribution is 2.50. The summed E-state index contributed by atoms with van der Waals surface area (Å²) in [5, 5.41) is 1.90. The fraction of sp³-hybridized carbons (Fsp3) is 0.200. The minimum absolute atomic E-state index is 0.0796. The third-order valence-electron chi connectivity index (χ3n) is 5.31. The Balaban J connectivity index is 1.83. The standard InChI is InChI=1S/C25H24Cl2N3O5PS/c1-3-34-36(31,35-4-2)17-30(37(32,33)24-15-21(26)14-22(27)16-24)23-9-8-18-12-20(7-6-19(18)13-23)25-28-10-5-11-29-25/h5-16H,3-4,17H2,1-2H3. The van der Waals surface area contributed by atoms with Crippen molar-refractivity contribution in [2.24, 2.45) is 0 Å². The number of rotatable bonds is 10. The number of fused-ring (bicyclic) bond motifs is 1. The Labute approximate surface area is 225 Å². The molecule has 0 spiro atoms. The molecule has 0 saturated heterocycles. The molecule has 0 aliphatic rings. The van der Waals surface area contributed by atoms with Gasteiger partial charge in [-0.05, 0) is 67.1 Å². The summed E-state index contributed by atoms with van der Waals surface area (Å²) < 4.78 is 53.0. The molecule has 37 heavy (non-hydrogen) atoms. The molecule has 1 aromatic heterocycles. The molecule has 0 fully saturated rings. The molecule has 0 aliphatic heterocycles. The summed E-state index contributed by atoms with van der Waals surface area (Å²) in [4.78, 5) is 8.40. The Kier molecular flexibility index (Phi) is 8.53. The smallest absolute Gasteiger partial charge is 0.308 e. The van der Waals surface area contributed by atoms with Crippen LogP contribution in [0, 0.1) is 0 Å². The number of hydrogen-bond donors (Lipinski definition) is 0. The normalized spacial score (nSPS) is 12.1. The molecule has 194 valence electrons. The summed E-state index contributed by atoms with van der Waals surface area (Å²) in [6.45, 7) is 3.48. The van der Waals surface area contributed by atoms with Crippen molar-refractivity contribution in [1.82, 2.24) is 9.97 Å². The second kappa shape index (κ2) is 11.5. The predicted octanol–water partition coefficient (Wildman–Crippen LogP) is 7.02. The van der Waals surface area contributed by atoms with Gasteiger partial charge in [0.25, 0.3) is 10.0 Å². The number of benzene rings is 3. The summed E-state index contributed by atoms with van der Waals surface area (Å²) in [6.07, 6.45) is 2.79. The number of halogens is 2. The van der Waals surface area contributed by atoms with Crippen molar-refractivity contribution in [3.8, 4) is 11.4 Å². The molecular weight excluding hydrogens is 556 g/mol. The van der Waals surface area contributed by atoms with E-state index >= 15 is 0 Å². The summed E-state index contributed by atoms with van der Waals surface area (Å²) in [6, 6.07) is 16.4. The molecule has 0 bridgehead atoms. The molecule has 0 saturated carbocycles. The van der Waals surface area contributed by atoms with E-state index in [2.05, 4.69) is 9.97 Å². The molecule has 0 radical (unpaired) electrons. The molecule has 0 atom stereocenters. The van der Waals surface area contributed by atoms with Gasteiger partial charge in [-0.15, -0.1) is 0 Å². The van der Waals surface area contributed by atoms with E-state index in [4.69, 9.17) is 32.2 Å². The van der Waals surface area contributed by atoms with Gasteiger partial charge in [-0.2, -0.15) is 0 Å². The maximum absolute atomic E-state index is 13.9. The monoisotopic (exact) mass is 579 g/mol. The van der Waals surface area contributed by atoms with Crippen LogP contribution in [0.1, 0.15) is 13.8 Å². The summed E-state index contributed by atoms with van der Waals surface area (Å²) in [5.74, 6) is 0.574. The first kappa shape index (κ1) is 27.5. The van der Waals surface area contributed by atoms with Gasteiger partial charge >= 0.3 is 7.60 Å². The lowest BCUT2D eigenvalue weighted by atomic mass is 10.1. The van der Waals surface area contributed by atoms with Gasteiger partial charge in [0, 0.05) is 28.0 Å². The molecule has 12 heteroatoms. The van der Waals surface area contributed by atoms with Crippen molar-refractivity contribution < 1.29 is 22.0 Å². The molecular formula is C25H24Cl2N3O5PS. The maximum atomic E-state index is 13.9. The lowest BCUT2D eigenvalue weighted by Crippen LogP contribution is -2.33. The maximum Gasteiger partial charge on any atom is 0.350 e. The van der Waals surface area contributed by atoms with Crippen molar-refractivity contribution in [3.05, 3.63) is 83.1 Å². The van der Waals surface area contributed by atoms with E-state index < -0.39 is 23.9 Å². The first-order valence-corrected chi connectivity index (χ1v) is 15.3. The Morgan fingerprint density at radius 1 is 0.865 bits per heavy atom. The number of hydrogen-bond acceptors (Lipinski definition) is 7. The summed E-state index contributed by atoms with van der Waals surface area (Å²) >= 11 is 12.2. The third kappa shape index (κ3) is 6.32. The molecule has 4 aromatic rings. The number of aromatic nitrogens is 2. The Morgan fingerprint density at radius 2 is 1.46 bits per heavy atom. The van der Waals surface area contributed by atoms with E-state index in [1.807, 2.05) is 18.2 Å². The fourth-order valence-corrected chi connectivity index (χ4v) is 8.13. The van der Waals surface area contributed by atoms with Crippen LogP contribution in [-0.2, 0) is 23.6 Å². The van der Waals surface area contributed by atoms with E-state index in [1.54, 1.807) is 50.5 Å². The van der Waals surface area contributed by atoms with Crippen molar-refractivity contribution >= 4 is 57.3 Å². The minimum atomic E-state index is -4.28. The number of anilines is 1. The van der Waals surface area contributed by atoms with Crippen molar-refractivity contribution in [3.63, 3.8) is 0 Å². The molecule has 3 aromatic carbocycles. The van der Waals surface area contributed by atoms with Gasteiger partial charge in [-0.1, -0.05) is 41.4 Å². The second-order valence-corrected chi connectivity index (χ2v) is 12.6. The van der Waals surface area contributed by atoms with E-state index in [9.17, 15) is 13.0 Å². The van der Waals surface area contributed by atoms with Crippen LogP contribution in [0.5, 0.6) is 0 Å². The zero-order valence-electron chi connectivity index (χ0n) is 20.0. The van der Waals surface area contributed by atoms with Crippen LogP contribution < -0.4 is 4.31 Å². The van der Waals surface area contributed by atoms with Crippen LogP contribution in [0.4, 0.5) is 5.69 Å². The molecule has 0 unspecified atom stereocenters. The quantitative estimate of drug-likeness (QED) is 0.186. The molecule has 0 aliphatic carbocycles. The van der Waals surface area contributed by atoms with Crippen LogP contribution in [0.15, 0.2) is 78.0 Å². The largest absolute Gasteiger partial charge is 0.350 e. The minimum Gasteiger partial charge on any atom is -0.308 e. The summed E-state index contributed by atoms with van der Waals surface area (Å²) in [5.41, 5.74) is 1.09. The zero-order valence-corrected chi connectivity index (χ0v) is 23.3. The van der Waals surface area contributed by atoms with E-state index in [-0.39, 0.29) is 33.8 Å². The SMILES string of the molecule is CCOP(=O)(CN(c1ccc2cc(-c3ncccn3)ccc2c1)S(=O)(=O)c1cc(Cl)cc(Cl)c1)OCC. The van der Waals surface area contributed by atoms with Gasteiger partial charge in [0.1, 0.15) is 6.29 Å². The van der Waals surface area contributed by atoms with Crippen LogP contribution in [0.25, 0.3) is 22.2 Å². The molecule has 4 rings (SSSR count). The van der Waals surface area contributed by atoms with Crippen LogP contribution in [-0.4, -0.2) is 37.9 Å². The molecule has 8 nitrogen and oxygen atoms in total. The highest BCUT2D eigenvalue weighted by atomic mass is 35.5. The number of nitrogens with zero attached hydrogens (tertiary/aromatic N) is 3. The van der Waals surface area contributed by atoms with Gasteiger partial charge in [-0.25, -0.2) is 18.4 Å². The van der Waals surface area contributed by atoms with Gasteiger partial charge in [0.2, 0.25) is 0 Å². The topological polar surface area (TPSA) is 98.7 Å². The highest BCUT2D eigenvalue weighted by molar-refractivity contribution is 7.93. The predicted molar refractivity (Wildman–Crippen MR) is 147 cm³/mol. The summed E-state index contributed by atoms with van der Waals surface area (Å²) in [7, 11) is -8.10. The average molecular weight is 580 g/mol. The third-order valence-corrected chi connectivity index (χ3v) is 9.62. The van der Waals surface area contributed by atoms with Gasteiger partial charge in [-0.3, -0.25) is 8.87 Å². The van der Waals surface area contributed by atoms with E-state index in [0.29, 0.717) is 5.82 Å². The Bertz CT molecular complexity index is 1540. The van der Waals surface area contributed by atoms with Crippen LogP contribution in [0.3, 0.4) is 0 Å². The van der Waals surface area contributed by atoms with Gasteiger partial charge < -0.3 is 9.05 Å². The van der Waals surface area contributed by atoms with Crippen molar-refractivity contribution in [2.75, 3.05) is 23.8 Å². The molecule has 0 N–H and O–H groups in total. The van der Waals surface area contributed by atoms with Gasteiger partial charge in [0.05, 0.1) is 23.8 Å². The fourth-order valence-electron chi connectivity index (χ4n) is 3.75. The van der Waals surface area contributed by atoms with E-state index in [1.165, 1.54) is 18.2 Å². The number of sulfonamides is 1. The highest BCUT2D eigenvalue weighted by Gasteiger charge is 2.35. The lowest BCUT2D eigenvalue weighted by Gasteiger charge is -2.28. The van der Waals surface area contributed by atoms with E-state index in [0.717, 1.165) is 20.6 Å². The first-order chi connectivity index (χ1) is 17.6. The Hall–Kier alpha value is -2.52. The van der Waals surface area contributed by atoms with Gasteiger partial charge in [0.15, 0.2) is 5.82 Å². The second-order valence-electron chi connectivity index (χ2n) is 7.87. The zero-order chi connectivity index (χ0) is 26.6.